The van der Waals surface area contributed by atoms with E-state index in [2.05, 4.69) is 10.5 Å². The molecule has 0 atom stereocenters. The maximum atomic E-state index is 9.95. The second kappa shape index (κ2) is 5.26. The Labute approximate surface area is 68.7 Å². The largest absolute Gasteiger partial charge is 0.313 e. The second-order valence-corrected chi connectivity index (χ2v) is 2.11. The summed E-state index contributed by atoms with van der Waals surface area (Å²) >= 11 is 10.7. The van der Waals surface area contributed by atoms with E-state index in [1.807, 2.05) is 0 Å². The summed E-state index contributed by atoms with van der Waals surface area (Å²) < 4.78 is 0. The van der Waals surface area contributed by atoms with Gasteiger partial charge in [0.2, 0.25) is 0 Å². The van der Waals surface area contributed by atoms with E-state index >= 15 is 0 Å². The molecule has 0 radical (unpaired) electrons. The quantitative estimate of drug-likeness (QED) is 0.306. The fraction of sp³-hybridized carbons (Fsp3) is 0.200. The van der Waals surface area contributed by atoms with Crippen molar-refractivity contribution in [2.75, 3.05) is 7.05 Å². The molecule has 0 aromatic heterocycles. The molecule has 5 heteroatoms. The summed E-state index contributed by atoms with van der Waals surface area (Å²) in [4.78, 5) is 9.95. The molecule has 0 aliphatic carbocycles. The number of hydrogen-bond acceptors (Lipinski definition) is 3. The first-order valence-corrected chi connectivity index (χ1v) is 3.18. The molecule has 0 bridgehead atoms. The number of rotatable bonds is 3. The standard InChI is InChI=1S/C5H6Cl2N2O/c1-8-9-2-4(6)5(7)3-10/h2-3,8H,1H3/b5-4-,9-2-. The van der Waals surface area contributed by atoms with Gasteiger partial charge in [0.1, 0.15) is 5.03 Å². The van der Waals surface area contributed by atoms with Crippen molar-refractivity contribution < 1.29 is 4.79 Å². The molecule has 0 amide bonds. The Balaban J connectivity index is 4.17. The molecule has 3 nitrogen and oxygen atoms in total. The van der Waals surface area contributed by atoms with Crippen LogP contribution in [0.25, 0.3) is 0 Å². The van der Waals surface area contributed by atoms with Gasteiger partial charge < -0.3 is 5.43 Å². The predicted molar refractivity (Wildman–Crippen MR) is 42.3 cm³/mol. The molecule has 0 rings (SSSR count). The van der Waals surface area contributed by atoms with Crippen LogP contribution >= 0.6 is 23.2 Å². The van der Waals surface area contributed by atoms with Gasteiger partial charge in [0.05, 0.1) is 11.2 Å². The highest BCUT2D eigenvalue weighted by Gasteiger charge is 1.94. The van der Waals surface area contributed by atoms with Crippen molar-refractivity contribution in [2.45, 2.75) is 0 Å². The van der Waals surface area contributed by atoms with Gasteiger partial charge in [0.25, 0.3) is 0 Å². The first-order valence-electron chi connectivity index (χ1n) is 2.42. The molecule has 0 fully saturated rings. The number of hydrazone groups is 1. The molecule has 0 saturated heterocycles. The fourth-order valence-corrected chi connectivity index (χ4v) is 0.381. The van der Waals surface area contributed by atoms with Crippen LogP contribution in [0.2, 0.25) is 0 Å². The normalized spacial score (nSPS) is 13.1. The topological polar surface area (TPSA) is 41.5 Å². The Hall–Kier alpha value is -0.540. The summed E-state index contributed by atoms with van der Waals surface area (Å²) in [6, 6.07) is 0. The third-order valence-electron chi connectivity index (χ3n) is 0.639. The Morgan fingerprint density at radius 2 is 2.10 bits per heavy atom. The van der Waals surface area contributed by atoms with Crippen molar-refractivity contribution in [3.63, 3.8) is 0 Å². The summed E-state index contributed by atoms with van der Waals surface area (Å²) in [5.41, 5.74) is 2.45. The Morgan fingerprint density at radius 3 is 2.50 bits per heavy atom. The maximum absolute atomic E-state index is 9.95. The van der Waals surface area contributed by atoms with E-state index in [0.717, 1.165) is 0 Å². The van der Waals surface area contributed by atoms with Crippen LogP contribution in [0.5, 0.6) is 0 Å². The van der Waals surface area contributed by atoms with Gasteiger partial charge >= 0.3 is 0 Å². The lowest BCUT2D eigenvalue weighted by molar-refractivity contribution is -0.104. The molecule has 0 aliphatic heterocycles. The van der Waals surface area contributed by atoms with E-state index < -0.39 is 0 Å². The van der Waals surface area contributed by atoms with Crippen LogP contribution in [0.4, 0.5) is 0 Å². The summed E-state index contributed by atoms with van der Waals surface area (Å²) in [5, 5.41) is 3.59. The summed E-state index contributed by atoms with van der Waals surface area (Å²) in [6.45, 7) is 0. The van der Waals surface area contributed by atoms with Gasteiger partial charge in [-0.2, -0.15) is 5.10 Å². The molecular weight excluding hydrogens is 175 g/mol. The monoisotopic (exact) mass is 180 g/mol. The van der Waals surface area contributed by atoms with Gasteiger partial charge in [-0.25, -0.2) is 0 Å². The zero-order valence-electron chi connectivity index (χ0n) is 5.27. The van der Waals surface area contributed by atoms with Crippen LogP contribution in [-0.2, 0) is 4.79 Å². The Kier molecular flexibility index (Phi) is 4.98. The van der Waals surface area contributed by atoms with Crippen molar-refractivity contribution in [3.05, 3.63) is 10.1 Å². The van der Waals surface area contributed by atoms with E-state index in [0.29, 0.717) is 6.29 Å². The lowest BCUT2D eigenvalue weighted by Gasteiger charge is -1.87. The highest BCUT2D eigenvalue weighted by molar-refractivity contribution is 6.50. The molecule has 0 aromatic carbocycles. The second-order valence-electron chi connectivity index (χ2n) is 1.30. The minimum absolute atomic E-state index is 0.0549. The summed E-state index contributed by atoms with van der Waals surface area (Å²) in [7, 11) is 1.61. The van der Waals surface area contributed by atoms with Gasteiger partial charge in [0, 0.05) is 7.05 Å². The van der Waals surface area contributed by atoms with Crippen LogP contribution in [0, 0.1) is 0 Å². The van der Waals surface area contributed by atoms with Crippen molar-refractivity contribution in [3.8, 4) is 0 Å². The molecule has 0 heterocycles. The van der Waals surface area contributed by atoms with Gasteiger partial charge in [-0.3, -0.25) is 4.79 Å². The number of allylic oxidation sites excluding steroid dienone is 2. The minimum atomic E-state index is -0.0549. The van der Waals surface area contributed by atoms with Crippen LogP contribution in [-0.4, -0.2) is 19.5 Å². The highest BCUT2D eigenvalue weighted by atomic mass is 35.5. The van der Waals surface area contributed by atoms with E-state index in [1.54, 1.807) is 7.05 Å². The fourth-order valence-electron chi connectivity index (χ4n) is 0.239. The van der Waals surface area contributed by atoms with Crippen LogP contribution in [0.1, 0.15) is 0 Å². The van der Waals surface area contributed by atoms with Crippen LogP contribution < -0.4 is 5.43 Å². The first kappa shape index (κ1) is 9.46. The number of carbonyl (C=O) groups is 1. The van der Waals surface area contributed by atoms with E-state index in [9.17, 15) is 4.79 Å². The van der Waals surface area contributed by atoms with Crippen molar-refractivity contribution >= 4 is 35.7 Å². The van der Waals surface area contributed by atoms with Crippen LogP contribution in [0.3, 0.4) is 0 Å². The van der Waals surface area contributed by atoms with Gasteiger partial charge in [-0.1, -0.05) is 23.2 Å². The number of nitrogens with zero attached hydrogens (tertiary/aromatic N) is 1. The van der Waals surface area contributed by atoms with Crippen molar-refractivity contribution in [2.24, 2.45) is 5.10 Å². The van der Waals surface area contributed by atoms with Crippen LogP contribution in [0.15, 0.2) is 15.2 Å². The Morgan fingerprint density at radius 1 is 1.50 bits per heavy atom. The van der Waals surface area contributed by atoms with Gasteiger partial charge in [-0.05, 0) is 0 Å². The lowest BCUT2D eigenvalue weighted by Crippen LogP contribution is -1.94. The molecule has 0 aromatic rings. The smallest absolute Gasteiger partial charge is 0.162 e. The average molecular weight is 181 g/mol. The van der Waals surface area contributed by atoms with E-state index in [1.165, 1.54) is 6.21 Å². The number of carbonyl (C=O) groups excluding carboxylic acids is 1. The van der Waals surface area contributed by atoms with Crippen molar-refractivity contribution in [1.82, 2.24) is 5.43 Å². The lowest BCUT2D eigenvalue weighted by atomic mass is 10.5. The third kappa shape index (κ3) is 3.48. The zero-order chi connectivity index (χ0) is 7.98. The van der Waals surface area contributed by atoms with E-state index in [-0.39, 0.29) is 10.1 Å². The minimum Gasteiger partial charge on any atom is -0.313 e. The Bertz CT molecular complexity index is 176. The number of hydrogen-bond donors (Lipinski definition) is 1. The predicted octanol–water partition coefficient (Wildman–Crippen LogP) is 1.08. The molecular formula is C5H6Cl2N2O. The molecule has 56 valence electrons. The SMILES string of the molecule is CN/N=C\C(Cl)=C(\Cl)C=O. The van der Waals surface area contributed by atoms with Gasteiger partial charge in [0.15, 0.2) is 6.29 Å². The third-order valence-corrected chi connectivity index (χ3v) is 1.33. The maximum Gasteiger partial charge on any atom is 0.162 e. The zero-order valence-corrected chi connectivity index (χ0v) is 6.78. The molecule has 0 saturated carbocycles. The number of nitrogens with one attached hydrogen (secondary N) is 1. The molecule has 0 unspecified atom stereocenters. The molecule has 1 N–H and O–H groups in total. The van der Waals surface area contributed by atoms with Gasteiger partial charge in [-0.15, -0.1) is 0 Å². The number of aldehydes is 1. The number of halogens is 2. The first-order chi connectivity index (χ1) is 4.72. The molecule has 10 heavy (non-hydrogen) atoms. The molecule has 0 spiro atoms. The molecule has 0 aliphatic rings. The highest BCUT2D eigenvalue weighted by Crippen LogP contribution is 2.07. The van der Waals surface area contributed by atoms with Crippen molar-refractivity contribution in [1.29, 1.82) is 0 Å². The summed E-state index contributed by atoms with van der Waals surface area (Å²) in [6.07, 6.45) is 1.70. The average Bonchev–Trinajstić information content (AvgIpc) is 1.98. The summed E-state index contributed by atoms with van der Waals surface area (Å²) in [5.74, 6) is 0. The van der Waals surface area contributed by atoms with E-state index in [4.69, 9.17) is 23.2 Å².